The van der Waals surface area contributed by atoms with Crippen LogP contribution in [0.2, 0.25) is 0 Å². The molecule has 80 valence electrons. The van der Waals surface area contributed by atoms with E-state index in [2.05, 4.69) is 0 Å². The number of benzene rings is 1. The zero-order chi connectivity index (χ0) is 11.4. The van der Waals surface area contributed by atoms with Crippen molar-refractivity contribution in [3.63, 3.8) is 0 Å². The van der Waals surface area contributed by atoms with Crippen LogP contribution in [0.25, 0.3) is 0 Å². The van der Waals surface area contributed by atoms with Crippen molar-refractivity contribution in [2.45, 2.75) is 6.04 Å². The van der Waals surface area contributed by atoms with Gasteiger partial charge in [0.15, 0.2) is 0 Å². The maximum Gasteiger partial charge on any atom is 0.279 e. The van der Waals surface area contributed by atoms with Crippen molar-refractivity contribution < 1.29 is 15.0 Å². The van der Waals surface area contributed by atoms with Crippen molar-refractivity contribution in [2.24, 2.45) is 0 Å². The fraction of sp³-hybridized carbons (Fsp3) is 0.250. The van der Waals surface area contributed by atoms with E-state index in [1.807, 2.05) is 0 Å². The van der Waals surface area contributed by atoms with Gasteiger partial charge in [-0.25, -0.2) is 0 Å². The second-order valence-electron chi connectivity index (χ2n) is 2.80. The summed E-state index contributed by atoms with van der Waals surface area (Å²) >= 11 is 0. The van der Waals surface area contributed by atoms with E-state index in [1.54, 1.807) is 0 Å². The van der Waals surface area contributed by atoms with Gasteiger partial charge in [0.1, 0.15) is 12.2 Å². The molecule has 0 heterocycles. The summed E-state index contributed by atoms with van der Waals surface area (Å²) in [4.78, 5) is 19.6. The average Bonchev–Trinajstić information content (AvgIpc) is 2.18. The highest BCUT2D eigenvalue weighted by Gasteiger charge is 2.29. The molecule has 0 aromatic heterocycles. The van der Waals surface area contributed by atoms with Gasteiger partial charge in [0.05, 0.1) is 4.92 Å². The highest BCUT2D eigenvalue weighted by molar-refractivity contribution is 5.41. The van der Waals surface area contributed by atoms with Crippen LogP contribution < -0.4 is 0 Å². The average molecular weight is 212 g/mol. The first kappa shape index (κ1) is 11.1. The summed E-state index contributed by atoms with van der Waals surface area (Å²) in [6, 6.07) is 3.85. The Labute approximate surface area is 84.3 Å². The summed E-state index contributed by atoms with van der Waals surface area (Å²) in [6.45, 7) is -0.766. The summed E-state index contributed by atoms with van der Waals surface area (Å²) in [5, 5.41) is 29.9. The molecule has 7 nitrogen and oxygen atoms in total. The van der Waals surface area contributed by atoms with E-state index < -0.39 is 22.5 Å². The van der Waals surface area contributed by atoms with E-state index in [4.69, 9.17) is 5.11 Å². The maximum absolute atomic E-state index is 10.6. The molecule has 0 saturated heterocycles. The number of hydrogen-bond donors (Lipinski definition) is 1. The van der Waals surface area contributed by atoms with E-state index >= 15 is 0 Å². The third kappa shape index (κ3) is 2.26. The molecule has 0 aliphatic rings. The Morgan fingerprint density at radius 1 is 1.27 bits per heavy atom. The first-order valence-corrected chi connectivity index (χ1v) is 4.05. The Bertz CT molecular complexity index is 392. The zero-order valence-electron chi connectivity index (χ0n) is 7.57. The predicted molar refractivity (Wildman–Crippen MR) is 49.9 cm³/mol. The lowest BCUT2D eigenvalue weighted by Crippen LogP contribution is -2.16. The topological polar surface area (TPSA) is 107 Å². The first-order chi connectivity index (χ1) is 7.07. The van der Waals surface area contributed by atoms with Crippen LogP contribution >= 0.6 is 0 Å². The third-order valence-corrected chi connectivity index (χ3v) is 1.92. The quantitative estimate of drug-likeness (QED) is 0.589. The van der Waals surface area contributed by atoms with Gasteiger partial charge in [-0.15, -0.1) is 0 Å². The Morgan fingerprint density at radius 2 is 1.87 bits per heavy atom. The maximum atomic E-state index is 10.6. The molecule has 0 aliphatic heterocycles. The molecular formula is C8H8N2O5. The molecule has 0 bridgehead atoms. The van der Waals surface area contributed by atoms with Gasteiger partial charge < -0.3 is 5.11 Å². The molecule has 0 radical (unpaired) electrons. The minimum absolute atomic E-state index is 0.0880. The summed E-state index contributed by atoms with van der Waals surface area (Å²) in [6.07, 6.45) is 0. The van der Waals surface area contributed by atoms with E-state index in [9.17, 15) is 20.2 Å². The number of nitro benzene ring substituents is 1. The predicted octanol–water partition coefficient (Wildman–Crippen LogP) is 0.905. The van der Waals surface area contributed by atoms with Crippen molar-refractivity contribution in [3.8, 4) is 0 Å². The smallest absolute Gasteiger partial charge is 0.279 e. The normalized spacial score (nSPS) is 12.1. The standard InChI is InChI=1S/C8H8N2O5/c11-5-8(10(14)15)6-3-1-2-4-7(6)9(12)13/h1-4,8,11H,5H2. The van der Waals surface area contributed by atoms with Crippen LogP contribution in [-0.4, -0.2) is 21.6 Å². The molecule has 1 unspecified atom stereocenters. The van der Waals surface area contributed by atoms with Gasteiger partial charge >= 0.3 is 0 Å². The molecule has 0 fully saturated rings. The molecule has 1 aromatic rings. The van der Waals surface area contributed by atoms with Crippen LogP contribution in [-0.2, 0) is 0 Å². The number of rotatable bonds is 4. The van der Waals surface area contributed by atoms with Gasteiger partial charge in [-0.2, -0.15) is 0 Å². The Balaban J connectivity index is 3.22. The van der Waals surface area contributed by atoms with Crippen molar-refractivity contribution >= 4 is 5.69 Å². The second kappa shape index (κ2) is 4.47. The van der Waals surface area contributed by atoms with Gasteiger partial charge in [0.2, 0.25) is 0 Å². The van der Waals surface area contributed by atoms with Gasteiger partial charge in [-0.1, -0.05) is 12.1 Å². The fourth-order valence-corrected chi connectivity index (χ4v) is 1.21. The van der Waals surface area contributed by atoms with Gasteiger partial charge in [0, 0.05) is 11.0 Å². The van der Waals surface area contributed by atoms with Crippen molar-refractivity contribution in [1.29, 1.82) is 0 Å². The number of nitro groups is 2. The molecule has 0 amide bonds. The number of hydrogen-bond acceptors (Lipinski definition) is 5. The van der Waals surface area contributed by atoms with E-state index in [1.165, 1.54) is 24.3 Å². The van der Waals surface area contributed by atoms with Gasteiger partial charge in [-0.3, -0.25) is 20.2 Å². The molecule has 0 aliphatic carbocycles. The third-order valence-electron chi connectivity index (χ3n) is 1.92. The number of aliphatic hydroxyl groups is 1. The lowest BCUT2D eigenvalue weighted by atomic mass is 10.1. The van der Waals surface area contributed by atoms with Crippen LogP contribution in [0, 0.1) is 20.2 Å². The lowest BCUT2D eigenvalue weighted by Gasteiger charge is -2.06. The largest absolute Gasteiger partial charge is 0.389 e. The van der Waals surface area contributed by atoms with Gasteiger partial charge in [-0.05, 0) is 6.07 Å². The zero-order valence-corrected chi connectivity index (χ0v) is 7.57. The van der Waals surface area contributed by atoms with Crippen molar-refractivity contribution in [1.82, 2.24) is 0 Å². The summed E-state index contributed by atoms with van der Waals surface area (Å²) in [5.41, 5.74) is -0.441. The van der Waals surface area contributed by atoms with Crippen LogP contribution in [0.15, 0.2) is 24.3 Å². The Kier molecular flexibility index (Phi) is 3.29. The minimum atomic E-state index is -1.45. The summed E-state index contributed by atoms with van der Waals surface area (Å²) in [7, 11) is 0. The van der Waals surface area contributed by atoms with E-state index in [0.29, 0.717) is 0 Å². The van der Waals surface area contributed by atoms with Crippen LogP contribution in [0.1, 0.15) is 11.6 Å². The molecule has 1 N–H and O–H groups in total. The molecule has 1 rings (SSSR count). The lowest BCUT2D eigenvalue weighted by molar-refractivity contribution is -0.533. The summed E-state index contributed by atoms with van der Waals surface area (Å²) < 4.78 is 0. The molecule has 1 aromatic carbocycles. The molecule has 1 atom stereocenters. The molecule has 15 heavy (non-hydrogen) atoms. The van der Waals surface area contributed by atoms with Gasteiger partial charge in [0.25, 0.3) is 11.7 Å². The van der Waals surface area contributed by atoms with Crippen LogP contribution in [0.5, 0.6) is 0 Å². The first-order valence-electron chi connectivity index (χ1n) is 4.05. The fourth-order valence-electron chi connectivity index (χ4n) is 1.21. The van der Waals surface area contributed by atoms with Crippen molar-refractivity contribution in [2.75, 3.05) is 6.61 Å². The van der Waals surface area contributed by atoms with E-state index in [-0.39, 0.29) is 11.3 Å². The molecule has 0 saturated carbocycles. The SMILES string of the molecule is O=[N+]([O-])c1ccccc1C(CO)[N+](=O)[O-]. The minimum Gasteiger partial charge on any atom is -0.389 e. The summed E-state index contributed by atoms with van der Waals surface area (Å²) in [5.74, 6) is 0. The second-order valence-corrected chi connectivity index (χ2v) is 2.80. The van der Waals surface area contributed by atoms with Crippen LogP contribution in [0.3, 0.4) is 0 Å². The molecule has 0 spiro atoms. The Morgan fingerprint density at radius 3 is 2.33 bits per heavy atom. The highest BCUT2D eigenvalue weighted by atomic mass is 16.6. The molecule has 7 heteroatoms. The highest BCUT2D eigenvalue weighted by Crippen LogP contribution is 2.26. The monoisotopic (exact) mass is 212 g/mol. The number of aliphatic hydroxyl groups excluding tert-OH is 1. The molecular weight excluding hydrogens is 204 g/mol. The number of nitrogens with zero attached hydrogens (tertiary/aromatic N) is 2. The Hall–Kier alpha value is -2.02. The van der Waals surface area contributed by atoms with E-state index in [0.717, 1.165) is 0 Å². The van der Waals surface area contributed by atoms with Crippen LogP contribution in [0.4, 0.5) is 5.69 Å². The van der Waals surface area contributed by atoms with Crippen molar-refractivity contribution in [3.05, 3.63) is 50.1 Å². The number of para-hydroxylation sites is 1.